The Morgan fingerprint density at radius 3 is 2.44 bits per heavy atom. The molecule has 6 nitrogen and oxygen atoms in total. The second-order valence-corrected chi connectivity index (χ2v) is 3.63. The van der Waals surface area contributed by atoms with E-state index in [2.05, 4.69) is 9.97 Å². The molecule has 2 heterocycles. The topological polar surface area (TPSA) is 101 Å². The number of nitrogens with two attached hydrogens (primary N) is 1. The lowest BCUT2D eigenvalue weighted by molar-refractivity contribution is 0.217. The number of nitrogen functional groups attached to an aromatic ring is 1. The Hall–Kier alpha value is -1.05. The summed E-state index contributed by atoms with van der Waals surface area (Å²) in [5.74, 6) is 2.45. The van der Waals surface area contributed by atoms with Gasteiger partial charge in [0.2, 0.25) is 0 Å². The Morgan fingerprint density at radius 1 is 1.61 bits per heavy atom. The molecule has 1 aromatic rings. The van der Waals surface area contributed by atoms with Gasteiger partial charge in [-0.2, -0.15) is 0 Å². The van der Waals surface area contributed by atoms with Gasteiger partial charge in [0, 0.05) is 18.6 Å². The van der Waals surface area contributed by atoms with Crippen LogP contribution in [-0.2, 0) is 4.74 Å². The van der Waals surface area contributed by atoms with Gasteiger partial charge in [-0.25, -0.2) is 9.78 Å². The highest BCUT2D eigenvalue weighted by Gasteiger charge is 1.94. The quantitative estimate of drug-likeness (QED) is 0.656. The van der Waals surface area contributed by atoms with Gasteiger partial charge >= 0.3 is 5.69 Å². The molecule has 106 valence electrons. The lowest BCUT2D eigenvalue weighted by Gasteiger charge is -1.84. The second kappa shape index (κ2) is 16.0. The van der Waals surface area contributed by atoms with Gasteiger partial charge in [-0.15, -0.1) is 11.8 Å². The zero-order valence-corrected chi connectivity index (χ0v) is 12.0. The number of aliphatic hydroxyl groups is 1. The summed E-state index contributed by atoms with van der Waals surface area (Å²) in [6, 6.07) is 1.52. The molecule has 0 bridgehead atoms. The van der Waals surface area contributed by atoms with Gasteiger partial charge < -0.3 is 15.6 Å². The van der Waals surface area contributed by atoms with Crippen LogP contribution in [0.15, 0.2) is 17.1 Å². The number of aromatic nitrogens is 2. The van der Waals surface area contributed by atoms with E-state index >= 15 is 0 Å². The first-order valence-corrected chi connectivity index (χ1v) is 6.93. The Balaban J connectivity index is 0. The molecule has 0 unspecified atom stereocenters. The summed E-state index contributed by atoms with van der Waals surface area (Å²) >= 11 is 1.85. The molecule has 1 aliphatic rings. The average molecular weight is 277 g/mol. The van der Waals surface area contributed by atoms with Crippen molar-refractivity contribution in [2.75, 3.05) is 30.6 Å². The predicted molar refractivity (Wildman–Crippen MR) is 76.7 cm³/mol. The summed E-state index contributed by atoms with van der Waals surface area (Å²) in [7, 11) is 0. The number of rotatable bonds is 0. The van der Waals surface area contributed by atoms with Crippen LogP contribution in [0.2, 0.25) is 0 Å². The normalized spacial score (nSPS) is 12.0. The van der Waals surface area contributed by atoms with Crippen LogP contribution in [-0.4, -0.2) is 40.0 Å². The van der Waals surface area contributed by atoms with Crippen LogP contribution in [0, 0.1) is 0 Å². The van der Waals surface area contributed by atoms with Gasteiger partial charge in [0.25, 0.3) is 0 Å². The number of aliphatic hydroxyl groups excluding tert-OH is 1. The Kier molecular flexibility index (Phi) is 17.1. The summed E-state index contributed by atoms with van der Waals surface area (Å²) in [6.07, 6.45) is 1.36. The van der Waals surface area contributed by atoms with Crippen molar-refractivity contribution in [1.29, 1.82) is 0 Å². The largest absolute Gasteiger partial charge is 0.397 e. The molecular weight excluding hydrogens is 254 g/mol. The van der Waals surface area contributed by atoms with Crippen molar-refractivity contribution in [2.45, 2.75) is 20.8 Å². The van der Waals surface area contributed by atoms with E-state index in [9.17, 15) is 4.79 Å². The highest BCUT2D eigenvalue weighted by Crippen LogP contribution is 2.06. The van der Waals surface area contributed by atoms with E-state index in [-0.39, 0.29) is 6.61 Å². The fraction of sp³-hybridized carbons (Fsp3) is 0.636. The van der Waals surface area contributed by atoms with E-state index in [4.69, 9.17) is 15.6 Å². The zero-order chi connectivity index (χ0) is 14.2. The fourth-order valence-electron chi connectivity index (χ4n) is 0.677. The van der Waals surface area contributed by atoms with Crippen LogP contribution in [0.5, 0.6) is 0 Å². The van der Waals surface area contributed by atoms with E-state index in [1.807, 2.05) is 25.6 Å². The minimum absolute atomic E-state index is 0.250. The van der Waals surface area contributed by atoms with Crippen LogP contribution >= 0.6 is 11.8 Å². The summed E-state index contributed by atoms with van der Waals surface area (Å²) in [6.45, 7) is 6.89. The highest BCUT2D eigenvalue weighted by atomic mass is 32.2. The summed E-state index contributed by atoms with van der Waals surface area (Å²) < 4.78 is 4.91. The molecule has 2 rings (SSSR count). The second-order valence-electron chi connectivity index (χ2n) is 2.58. The molecular formula is C11H23N3O3S. The molecule has 0 saturated carbocycles. The fourth-order valence-corrected chi connectivity index (χ4v) is 1.27. The first kappa shape index (κ1) is 19.3. The van der Waals surface area contributed by atoms with Gasteiger partial charge in [0.15, 0.2) is 0 Å². The Labute approximate surface area is 112 Å². The highest BCUT2D eigenvalue weighted by molar-refractivity contribution is 7.99. The molecule has 1 aromatic heterocycles. The summed E-state index contributed by atoms with van der Waals surface area (Å²) in [5, 5.41) is 7.57. The van der Waals surface area contributed by atoms with E-state index in [0.29, 0.717) is 5.82 Å². The summed E-state index contributed by atoms with van der Waals surface area (Å²) in [4.78, 5) is 15.9. The van der Waals surface area contributed by atoms with Crippen molar-refractivity contribution in [3.8, 4) is 0 Å². The Morgan fingerprint density at radius 2 is 2.22 bits per heavy atom. The first-order chi connectivity index (χ1) is 8.70. The number of nitrogens with one attached hydrogen (secondary N) is 1. The number of hydrogen-bond acceptors (Lipinski definition) is 6. The number of ether oxygens (including phenoxy) is 1. The van der Waals surface area contributed by atoms with Crippen LogP contribution in [0.25, 0.3) is 0 Å². The zero-order valence-electron chi connectivity index (χ0n) is 11.2. The molecule has 18 heavy (non-hydrogen) atoms. The lowest BCUT2D eigenvalue weighted by atomic mass is 10.6. The summed E-state index contributed by atoms with van der Waals surface area (Å²) in [5.41, 5.74) is 4.75. The van der Waals surface area contributed by atoms with E-state index in [1.54, 1.807) is 6.92 Å². The number of nitrogens with zero attached hydrogens (tertiary/aromatic N) is 1. The third-order valence-corrected chi connectivity index (χ3v) is 2.02. The van der Waals surface area contributed by atoms with Crippen molar-refractivity contribution < 1.29 is 9.84 Å². The lowest BCUT2D eigenvalue weighted by Crippen LogP contribution is -2.10. The maximum atomic E-state index is 10.2. The number of thioether (sulfide) groups is 1. The van der Waals surface area contributed by atoms with Crippen LogP contribution in [0.4, 0.5) is 5.82 Å². The number of H-pyrrole nitrogens is 1. The van der Waals surface area contributed by atoms with Crippen LogP contribution < -0.4 is 11.4 Å². The van der Waals surface area contributed by atoms with Crippen molar-refractivity contribution in [2.24, 2.45) is 0 Å². The molecule has 0 radical (unpaired) electrons. The van der Waals surface area contributed by atoms with E-state index in [1.165, 1.54) is 18.0 Å². The molecule has 1 saturated heterocycles. The van der Waals surface area contributed by atoms with Gasteiger partial charge in [-0.1, -0.05) is 13.8 Å². The molecule has 0 aromatic carbocycles. The molecule has 0 atom stereocenters. The van der Waals surface area contributed by atoms with E-state index in [0.717, 1.165) is 12.5 Å². The van der Waals surface area contributed by atoms with Gasteiger partial charge in [0.05, 0.1) is 12.5 Å². The van der Waals surface area contributed by atoms with Crippen LogP contribution in [0.1, 0.15) is 20.8 Å². The van der Waals surface area contributed by atoms with Gasteiger partial charge in [-0.05, 0) is 13.0 Å². The molecule has 0 amide bonds. The third kappa shape index (κ3) is 14.9. The minimum Gasteiger partial charge on any atom is -0.397 e. The molecule has 4 N–H and O–H groups in total. The third-order valence-electron chi connectivity index (χ3n) is 1.24. The first-order valence-electron chi connectivity index (χ1n) is 5.77. The monoisotopic (exact) mass is 277 g/mol. The van der Waals surface area contributed by atoms with Gasteiger partial charge in [0.1, 0.15) is 5.82 Å². The smallest absolute Gasteiger partial charge is 0.346 e. The van der Waals surface area contributed by atoms with Gasteiger partial charge in [-0.3, -0.25) is 4.98 Å². The molecule has 1 fully saturated rings. The maximum absolute atomic E-state index is 10.2. The predicted octanol–water partition coefficient (Wildman–Crippen LogP) is 1.08. The molecule has 0 aliphatic carbocycles. The van der Waals surface area contributed by atoms with Crippen LogP contribution in [0.3, 0.4) is 0 Å². The van der Waals surface area contributed by atoms with Crippen molar-refractivity contribution >= 4 is 17.6 Å². The van der Waals surface area contributed by atoms with E-state index < -0.39 is 5.69 Å². The number of anilines is 1. The Bertz CT molecular complexity index is 309. The van der Waals surface area contributed by atoms with Crippen molar-refractivity contribution in [3.63, 3.8) is 0 Å². The van der Waals surface area contributed by atoms with Crippen molar-refractivity contribution in [1.82, 2.24) is 9.97 Å². The average Bonchev–Trinajstić information content (AvgIpc) is 2.91. The molecule has 0 spiro atoms. The molecule has 7 heteroatoms. The number of hydrogen-bond donors (Lipinski definition) is 3. The van der Waals surface area contributed by atoms with Crippen molar-refractivity contribution in [3.05, 3.63) is 22.7 Å². The maximum Gasteiger partial charge on any atom is 0.346 e. The number of aromatic amines is 1. The molecule has 1 aliphatic heterocycles. The standard InChI is InChI=1S/C4H5N3O.C3H6OS.C2H6O.C2H6/c5-3-1-2-6-4(8)7-3;1-2-5-3-4-1;1-2-3;1-2/h1-2H,(H3,5,6,7,8);1-3H2;3H,2H2,1H3;1-2H3. The minimum atomic E-state index is -0.412. The SMILES string of the molecule is C1CSCO1.CC.CCO.Nc1ccnc(=O)[nH]1.